The number of fused-ring (bicyclic) bond motifs is 2. The Kier molecular flexibility index (Phi) is 4.76. The van der Waals surface area contributed by atoms with Crippen LogP contribution in [0.2, 0.25) is 0 Å². The quantitative estimate of drug-likeness (QED) is 0.462. The highest BCUT2D eigenvalue weighted by atomic mass is 16.1. The van der Waals surface area contributed by atoms with Crippen molar-refractivity contribution in [2.75, 3.05) is 5.32 Å². The van der Waals surface area contributed by atoms with Crippen LogP contribution in [0.4, 0.5) is 5.69 Å². The molecule has 152 valence electrons. The molecule has 0 aliphatic heterocycles. The molecule has 0 unspecified atom stereocenters. The number of para-hydroxylation sites is 1. The average Bonchev–Trinajstić information content (AvgIpc) is 3.23. The minimum Gasteiger partial charge on any atom is -0.361 e. The molecule has 2 N–H and O–H groups in total. The second-order valence-corrected chi connectivity index (χ2v) is 7.28. The molecular weight excluding hydrogens is 390 g/mol. The minimum absolute atomic E-state index is 0.137. The number of carbonyl (C=O) groups excluding carboxylic acids is 1. The van der Waals surface area contributed by atoms with Crippen LogP contribution in [0.5, 0.6) is 0 Å². The molecule has 5 aromatic rings. The van der Waals surface area contributed by atoms with Crippen molar-refractivity contribution < 1.29 is 4.79 Å². The van der Waals surface area contributed by atoms with E-state index in [1.807, 2.05) is 24.4 Å². The Labute approximate surface area is 177 Å². The van der Waals surface area contributed by atoms with E-state index in [1.54, 1.807) is 47.4 Å². The lowest BCUT2D eigenvalue weighted by molar-refractivity contribution is 0.102. The van der Waals surface area contributed by atoms with Gasteiger partial charge in [0.1, 0.15) is 0 Å². The van der Waals surface area contributed by atoms with Crippen molar-refractivity contribution in [2.24, 2.45) is 0 Å². The molecule has 0 spiro atoms. The van der Waals surface area contributed by atoms with Crippen molar-refractivity contribution in [3.05, 3.63) is 101 Å². The molecule has 0 fully saturated rings. The zero-order valence-corrected chi connectivity index (χ0v) is 16.6. The van der Waals surface area contributed by atoms with Gasteiger partial charge in [-0.1, -0.05) is 18.2 Å². The number of rotatable bonds is 5. The number of benzene rings is 2. The highest BCUT2D eigenvalue weighted by Crippen LogP contribution is 2.19. The van der Waals surface area contributed by atoms with Gasteiger partial charge in [-0.2, -0.15) is 0 Å². The summed E-state index contributed by atoms with van der Waals surface area (Å²) in [5.74, 6) is -0.281. The monoisotopic (exact) mass is 409 g/mol. The van der Waals surface area contributed by atoms with Gasteiger partial charge in [0, 0.05) is 41.7 Å². The number of H-pyrrole nitrogens is 1. The van der Waals surface area contributed by atoms with E-state index < -0.39 is 0 Å². The summed E-state index contributed by atoms with van der Waals surface area (Å²) in [4.78, 5) is 37.1. The van der Waals surface area contributed by atoms with Crippen molar-refractivity contribution in [3.63, 3.8) is 0 Å². The van der Waals surface area contributed by atoms with Crippen molar-refractivity contribution >= 4 is 33.4 Å². The summed E-state index contributed by atoms with van der Waals surface area (Å²) in [6.07, 6.45) is 7.37. The van der Waals surface area contributed by atoms with Gasteiger partial charge in [0.2, 0.25) is 0 Å². The Hall–Kier alpha value is -4.26. The number of nitrogens with zero attached hydrogens (tertiary/aromatic N) is 3. The van der Waals surface area contributed by atoms with Crippen LogP contribution in [0, 0.1) is 0 Å². The number of anilines is 1. The number of hydrogen-bond acceptors (Lipinski definition) is 4. The Bertz CT molecular complexity index is 1450. The number of hydrogen-bond donors (Lipinski definition) is 2. The van der Waals surface area contributed by atoms with Gasteiger partial charge in [0.25, 0.3) is 11.5 Å². The molecule has 3 aromatic heterocycles. The average molecular weight is 409 g/mol. The topological polar surface area (TPSA) is 92.7 Å². The maximum absolute atomic E-state index is 13.1. The van der Waals surface area contributed by atoms with Gasteiger partial charge in [0.15, 0.2) is 0 Å². The SMILES string of the molecule is O=C(Nc1ccc2ncn(CCc3c[nH]c4ccccc34)c(=O)c2c1)c1cccnc1. The van der Waals surface area contributed by atoms with E-state index in [4.69, 9.17) is 0 Å². The molecule has 0 atom stereocenters. The molecule has 0 radical (unpaired) electrons. The van der Waals surface area contributed by atoms with Crippen molar-refractivity contribution in [3.8, 4) is 0 Å². The van der Waals surface area contributed by atoms with E-state index in [0.29, 0.717) is 35.1 Å². The summed E-state index contributed by atoms with van der Waals surface area (Å²) >= 11 is 0. The van der Waals surface area contributed by atoms with E-state index in [2.05, 4.69) is 26.3 Å². The zero-order valence-electron chi connectivity index (χ0n) is 16.6. The van der Waals surface area contributed by atoms with E-state index in [0.717, 1.165) is 16.5 Å². The maximum Gasteiger partial charge on any atom is 0.261 e. The fourth-order valence-electron chi connectivity index (χ4n) is 3.68. The summed E-state index contributed by atoms with van der Waals surface area (Å²) in [7, 11) is 0. The van der Waals surface area contributed by atoms with Gasteiger partial charge in [-0.3, -0.25) is 19.1 Å². The summed E-state index contributed by atoms with van der Waals surface area (Å²) in [6, 6.07) is 16.6. The van der Waals surface area contributed by atoms with E-state index >= 15 is 0 Å². The molecule has 31 heavy (non-hydrogen) atoms. The lowest BCUT2D eigenvalue weighted by Gasteiger charge is -2.09. The molecule has 2 aromatic carbocycles. The van der Waals surface area contributed by atoms with Crippen LogP contribution in [0.1, 0.15) is 15.9 Å². The van der Waals surface area contributed by atoms with Crippen LogP contribution < -0.4 is 10.9 Å². The maximum atomic E-state index is 13.1. The summed E-state index contributed by atoms with van der Waals surface area (Å²) in [5.41, 5.74) is 3.67. The van der Waals surface area contributed by atoms with Crippen molar-refractivity contribution in [2.45, 2.75) is 13.0 Å². The molecule has 0 bridgehead atoms. The normalized spacial score (nSPS) is 11.1. The first kappa shape index (κ1) is 18.7. The number of aromatic amines is 1. The molecule has 3 heterocycles. The Balaban J connectivity index is 1.40. The van der Waals surface area contributed by atoms with Crippen LogP contribution in [0.15, 0.2) is 84.3 Å². The van der Waals surface area contributed by atoms with Gasteiger partial charge in [-0.25, -0.2) is 4.98 Å². The lowest BCUT2D eigenvalue weighted by atomic mass is 10.1. The number of aromatic nitrogens is 4. The third-order valence-electron chi connectivity index (χ3n) is 5.30. The second-order valence-electron chi connectivity index (χ2n) is 7.28. The number of amides is 1. The molecule has 7 heteroatoms. The second kappa shape index (κ2) is 7.87. The Morgan fingerprint density at radius 2 is 1.97 bits per heavy atom. The molecule has 0 aliphatic rings. The highest BCUT2D eigenvalue weighted by molar-refractivity contribution is 6.04. The first-order valence-corrected chi connectivity index (χ1v) is 9.94. The van der Waals surface area contributed by atoms with Crippen LogP contribution in [0.25, 0.3) is 21.8 Å². The lowest BCUT2D eigenvalue weighted by Crippen LogP contribution is -2.22. The predicted molar refractivity (Wildman–Crippen MR) is 120 cm³/mol. The molecule has 0 aliphatic carbocycles. The van der Waals surface area contributed by atoms with Gasteiger partial charge in [-0.05, 0) is 48.4 Å². The summed E-state index contributed by atoms with van der Waals surface area (Å²) in [5, 5.41) is 4.43. The van der Waals surface area contributed by atoms with E-state index in [-0.39, 0.29) is 11.5 Å². The molecular formula is C24H19N5O2. The van der Waals surface area contributed by atoms with Crippen molar-refractivity contribution in [1.29, 1.82) is 0 Å². The van der Waals surface area contributed by atoms with Gasteiger partial charge in [-0.15, -0.1) is 0 Å². The smallest absolute Gasteiger partial charge is 0.261 e. The van der Waals surface area contributed by atoms with Gasteiger partial charge < -0.3 is 10.3 Å². The molecule has 1 amide bonds. The molecule has 0 saturated carbocycles. The van der Waals surface area contributed by atoms with E-state index in [9.17, 15) is 9.59 Å². The number of carbonyl (C=O) groups is 1. The number of pyridine rings is 1. The van der Waals surface area contributed by atoms with E-state index in [1.165, 1.54) is 6.20 Å². The fraction of sp³-hybridized carbons (Fsp3) is 0.0833. The molecule has 7 nitrogen and oxygen atoms in total. The molecule has 0 saturated heterocycles. The van der Waals surface area contributed by atoms with Crippen LogP contribution in [-0.2, 0) is 13.0 Å². The van der Waals surface area contributed by atoms with Crippen LogP contribution >= 0.6 is 0 Å². The van der Waals surface area contributed by atoms with Crippen LogP contribution in [0.3, 0.4) is 0 Å². The number of aryl methyl sites for hydroxylation is 2. The largest absolute Gasteiger partial charge is 0.361 e. The Morgan fingerprint density at radius 1 is 1.06 bits per heavy atom. The van der Waals surface area contributed by atoms with Gasteiger partial charge in [0.05, 0.1) is 22.8 Å². The highest BCUT2D eigenvalue weighted by Gasteiger charge is 2.10. The Morgan fingerprint density at radius 3 is 2.84 bits per heavy atom. The zero-order chi connectivity index (χ0) is 21.2. The standard InChI is InChI=1S/C24H19N5O2/c30-23(17-4-3-10-25-13-17)28-18-7-8-22-20(12-18)24(31)29(15-27-22)11-9-16-14-26-21-6-2-1-5-19(16)21/h1-8,10,12-15,26H,9,11H2,(H,28,30). The first-order valence-electron chi connectivity index (χ1n) is 9.94. The fourth-order valence-corrected chi connectivity index (χ4v) is 3.68. The van der Waals surface area contributed by atoms with Gasteiger partial charge >= 0.3 is 0 Å². The summed E-state index contributed by atoms with van der Waals surface area (Å²) < 4.78 is 1.61. The van der Waals surface area contributed by atoms with Crippen LogP contribution in [-0.4, -0.2) is 25.4 Å². The number of nitrogens with one attached hydrogen (secondary N) is 2. The predicted octanol–water partition coefficient (Wildman–Crippen LogP) is 3.77. The minimum atomic E-state index is -0.281. The molecule has 5 rings (SSSR count). The third-order valence-corrected chi connectivity index (χ3v) is 5.30. The first-order chi connectivity index (χ1) is 15.2. The summed E-state index contributed by atoms with van der Waals surface area (Å²) in [6.45, 7) is 0.510. The van der Waals surface area contributed by atoms with Crippen molar-refractivity contribution in [1.82, 2.24) is 19.5 Å². The third kappa shape index (κ3) is 3.69.